The summed E-state index contributed by atoms with van der Waals surface area (Å²) in [7, 11) is 0. The van der Waals surface area contributed by atoms with Gasteiger partial charge in [-0.05, 0) is 58.7 Å². The van der Waals surface area contributed by atoms with Crippen LogP contribution in [0.25, 0.3) is 16.8 Å². The second kappa shape index (κ2) is 10.6. The lowest BCUT2D eigenvalue weighted by Gasteiger charge is -2.16. The highest BCUT2D eigenvalue weighted by Gasteiger charge is 2.20. The highest BCUT2D eigenvalue weighted by atomic mass is 16.5. The molecule has 0 unspecified atom stereocenters. The third-order valence-corrected chi connectivity index (χ3v) is 6.48. The Kier molecular flexibility index (Phi) is 6.89. The van der Waals surface area contributed by atoms with Crippen molar-refractivity contribution in [2.24, 2.45) is 0 Å². The van der Waals surface area contributed by atoms with Crippen LogP contribution in [0, 0.1) is 0 Å². The normalized spacial score (nSPS) is 13.6. The van der Waals surface area contributed by atoms with E-state index in [0.29, 0.717) is 24.8 Å². The van der Waals surface area contributed by atoms with Crippen LogP contribution in [-0.2, 0) is 12.8 Å². The standard InChI is InChI=1S/C30H28N2O3/c33-30(32-34)24-14-12-21(13-15-24)16-22(19-31-27-17-25-7-1-2-8-26(25)18-27)20-35-29-11-5-9-23-6-3-4-10-28(23)29/h1-16,27,31,34H,17-20H2,(H,32,33). The summed E-state index contributed by atoms with van der Waals surface area (Å²) < 4.78 is 6.30. The van der Waals surface area contributed by atoms with Gasteiger partial charge in [0.05, 0.1) is 0 Å². The van der Waals surface area contributed by atoms with E-state index >= 15 is 0 Å². The average molecular weight is 465 g/mol. The smallest absolute Gasteiger partial charge is 0.274 e. The monoisotopic (exact) mass is 464 g/mol. The number of rotatable bonds is 8. The number of hydrogen-bond acceptors (Lipinski definition) is 4. The summed E-state index contributed by atoms with van der Waals surface area (Å²) in [5.74, 6) is 0.333. The fraction of sp³-hybridized carbons (Fsp3) is 0.167. The number of ether oxygens (including phenoxy) is 1. The number of carbonyl (C=O) groups excluding carboxylic acids is 1. The molecule has 0 atom stereocenters. The van der Waals surface area contributed by atoms with Crippen LogP contribution in [0.4, 0.5) is 0 Å². The third-order valence-electron chi connectivity index (χ3n) is 6.48. The lowest BCUT2D eigenvalue weighted by Crippen LogP contribution is -2.32. The molecule has 0 aromatic heterocycles. The van der Waals surface area contributed by atoms with Crippen molar-refractivity contribution in [2.75, 3.05) is 13.2 Å². The fourth-order valence-electron chi connectivity index (χ4n) is 4.65. The quantitative estimate of drug-likeness (QED) is 0.248. The number of amides is 1. The summed E-state index contributed by atoms with van der Waals surface area (Å²) in [5, 5.41) is 14.8. The molecule has 0 aliphatic heterocycles. The zero-order chi connectivity index (χ0) is 24.0. The van der Waals surface area contributed by atoms with E-state index in [9.17, 15) is 4.79 Å². The van der Waals surface area contributed by atoms with Gasteiger partial charge >= 0.3 is 0 Å². The molecule has 5 heteroatoms. The zero-order valence-electron chi connectivity index (χ0n) is 19.4. The van der Waals surface area contributed by atoms with Crippen molar-refractivity contribution < 1.29 is 14.7 Å². The SMILES string of the molecule is O=C(NO)c1ccc(C=C(CNC2Cc3ccccc3C2)COc2cccc3ccccc23)cc1. The predicted octanol–water partition coefficient (Wildman–Crippen LogP) is 5.18. The molecule has 1 aliphatic carbocycles. The molecular weight excluding hydrogens is 436 g/mol. The Hall–Kier alpha value is -3.93. The molecular formula is C30H28N2O3. The van der Waals surface area contributed by atoms with Gasteiger partial charge in [0, 0.05) is 23.5 Å². The van der Waals surface area contributed by atoms with Crippen molar-refractivity contribution in [2.45, 2.75) is 18.9 Å². The summed E-state index contributed by atoms with van der Waals surface area (Å²) in [5.41, 5.74) is 6.98. The molecule has 1 amide bonds. The van der Waals surface area contributed by atoms with Crippen LogP contribution in [0.1, 0.15) is 27.0 Å². The molecule has 0 saturated carbocycles. The molecule has 3 N–H and O–H groups in total. The maximum atomic E-state index is 11.6. The first-order chi connectivity index (χ1) is 17.2. The maximum Gasteiger partial charge on any atom is 0.274 e. The number of fused-ring (bicyclic) bond motifs is 2. The summed E-state index contributed by atoms with van der Waals surface area (Å²) >= 11 is 0. The van der Waals surface area contributed by atoms with Crippen molar-refractivity contribution >= 4 is 22.8 Å². The Morgan fingerprint density at radius 3 is 2.31 bits per heavy atom. The Bertz CT molecular complexity index is 1330. The average Bonchev–Trinajstić information content (AvgIpc) is 3.33. The molecule has 0 saturated heterocycles. The molecule has 35 heavy (non-hydrogen) atoms. The molecule has 0 fully saturated rings. The molecule has 4 aromatic carbocycles. The van der Waals surface area contributed by atoms with Gasteiger partial charge in [-0.3, -0.25) is 10.0 Å². The first-order valence-corrected chi connectivity index (χ1v) is 11.8. The van der Waals surface area contributed by atoms with Crippen molar-refractivity contribution in [1.82, 2.24) is 10.8 Å². The minimum atomic E-state index is -0.525. The second-order valence-electron chi connectivity index (χ2n) is 8.89. The first kappa shape index (κ1) is 22.8. The van der Waals surface area contributed by atoms with Crippen LogP contribution in [0.15, 0.2) is 96.6 Å². The second-order valence-corrected chi connectivity index (χ2v) is 8.89. The fourth-order valence-corrected chi connectivity index (χ4v) is 4.65. The molecule has 5 nitrogen and oxygen atoms in total. The summed E-state index contributed by atoms with van der Waals surface area (Å²) in [6, 6.07) is 30.5. The molecule has 0 bridgehead atoms. The van der Waals surface area contributed by atoms with E-state index in [1.165, 1.54) is 11.1 Å². The Balaban J connectivity index is 1.33. The lowest BCUT2D eigenvalue weighted by atomic mass is 10.1. The van der Waals surface area contributed by atoms with Gasteiger partial charge < -0.3 is 10.1 Å². The van der Waals surface area contributed by atoms with Gasteiger partial charge in [0.1, 0.15) is 12.4 Å². The Morgan fingerprint density at radius 1 is 0.886 bits per heavy atom. The highest BCUT2D eigenvalue weighted by Crippen LogP contribution is 2.26. The number of carbonyl (C=O) groups is 1. The van der Waals surface area contributed by atoms with Crippen LogP contribution in [0.3, 0.4) is 0 Å². The van der Waals surface area contributed by atoms with E-state index in [1.807, 2.05) is 36.4 Å². The third kappa shape index (κ3) is 5.43. The molecule has 5 rings (SSSR count). The van der Waals surface area contributed by atoms with Gasteiger partial charge in [0.15, 0.2) is 0 Å². The van der Waals surface area contributed by atoms with Crippen LogP contribution < -0.4 is 15.5 Å². The minimum Gasteiger partial charge on any atom is -0.489 e. The summed E-state index contributed by atoms with van der Waals surface area (Å²) in [4.78, 5) is 11.6. The molecule has 4 aromatic rings. The molecule has 0 radical (unpaired) electrons. The number of benzene rings is 4. The minimum absolute atomic E-state index is 0.393. The van der Waals surface area contributed by atoms with E-state index in [2.05, 4.69) is 53.9 Å². The molecule has 176 valence electrons. The van der Waals surface area contributed by atoms with Gasteiger partial charge in [-0.15, -0.1) is 0 Å². The van der Waals surface area contributed by atoms with Gasteiger partial charge in [-0.1, -0.05) is 78.9 Å². The topological polar surface area (TPSA) is 70.6 Å². The van der Waals surface area contributed by atoms with E-state index in [1.54, 1.807) is 17.6 Å². The van der Waals surface area contributed by atoms with Crippen molar-refractivity contribution in [3.63, 3.8) is 0 Å². The van der Waals surface area contributed by atoms with E-state index in [-0.39, 0.29) is 0 Å². The van der Waals surface area contributed by atoms with Gasteiger partial charge in [0.25, 0.3) is 5.91 Å². The van der Waals surface area contributed by atoms with Gasteiger partial charge in [-0.25, -0.2) is 5.48 Å². The largest absolute Gasteiger partial charge is 0.489 e. The number of hydrogen-bond donors (Lipinski definition) is 3. The van der Waals surface area contributed by atoms with Crippen molar-refractivity contribution in [1.29, 1.82) is 0 Å². The predicted molar refractivity (Wildman–Crippen MR) is 139 cm³/mol. The molecule has 0 spiro atoms. The van der Waals surface area contributed by atoms with E-state index in [0.717, 1.165) is 40.5 Å². The van der Waals surface area contributed by atoms with Gasteiger partial charge in [0.2, 0.25) is 0 Å². The lowest BCUT2D eigenvalue weighted by molar-refractivity contribution is 0.0706. The van der Waals surface area contributed by atoms with Crippen LogP contribution in [0.5, 0.6) is 5.75 Å². The molecule has 0 heterocycles. The van der Waals surface area contributed by atoms with Crippen molar-refractivity contribution in [3.05, 3.63) is 119 Å². The van der Waals surface area contributed by atoms with Gasteiger partial charge in [-0.2, -0.15) is 0 Å². The summed E-state index contributed by atoms with van der Waals surface area (Å²) in [6.45, 7) is 1.14. The zero-order valence-corrected chi connectivity index (χ0v) is 19.4. The Labute approximate surface area is 205 Å². The van der Waals surface area contributed by atoms with Crippen LogP contribution in [-0.4, -0.2) is 30.3 Å². The summed E-state index contributed by atoms with van der Waals surface area (Å²) in [6.07, 6.45) is 4.15. The maximum absolute atomic E-state index is 11.6. The van der Waals surface area contributed by atoms with Crippen LogP contribution in [0.2, 0.25) is 0 Å². The highest BCUT2D eigenvalue weighted by molar-refractivity contribution is 5.93. The first-order valence-electron chi connectivity index (χ1n) is 11.8. The number of hydroxylamine groups is 1. The van der Waals surface area contributed by atoms with E-state index in [4.69, 9.17) is 9.94 Å². The van der Waals surface area contributed by atoms with Crippen LogP contribution >= 0.6 is 0 Å². The van der Waals surface area contributed by atoms with E-state index < -0.39 is 5.91 Å². The number of nitrogens with one attached hydrogen (secondary N) is 2. The Morgan fingerprint density at radius 2 is 1.57 bits per heavy atom. The van der Waals surface area contributed by atoms with Crippen molar-refractivity contribution in [3.8, 4) is 5.75 Å². The molecule has 1 aliphatic rings.